The summed E-state index contributed by atoms with van der Waals surface area (Å²) in [6.07, 6.45) is 1.50. The SMILES string of the molecule is CCOC(=O)COc1c(Br)cc(C=C2C(=O)N(C)C(=S)N(C)C2=O)cc1I. The van der Waals surface area contributed by atoms with Crippen LogP contribution in [0.25, 0.3) is 6.08 Å². The minimum absolute atomic E-state index is 0.0106. The summed E-state index contributed by atoms with van der Waals surface area (Å²) in [6, 6.07) is 3.44. The molecule has 1 fully saturated rings. The molecule has 1 aliphatic heterocycles. The van der Waals surface area contributed by atoms with Gasteiger partial charge in [0.2, 0.25) is 0 Å². The molecule has 0 spiro atoms. The van der Waals surface area contributed by atoms with E-state index in [1.807, 2.05) is 22.6 Å². The van der Waals surface area contributed by atoms with Gasteiger partial charge >= 0.3 is 5.97 Å². The average molecular weight is 567 g/mol. The van der Waals surface area contributed by atoms with Gasteiger partial charge in [-0.1, -0.05) is 0 Å². The third-order valence-electron chi connectivity index (χ3n) is 3.62. The van der Waals surface area contributed by atoms with Crippen molar-refractivity contribution in [1.29, 1.82) is 0 Å². The van der Waals surface area contributed by atoms with E-state index in [4.69, 9.17) is 21.7 Å². The van der Waals surface area contributed by atoms with E-state index in [1.165, 1.54) is 30.0 Å². The van der Waals surface area contributed by atoms with Crippen LogP contribution in [0.15, 0.2) is 22.2 Å². The Hall–Kier alpha value is -1.53. The predicted octanol–water partition coefficient (Wildman–Crippen LogP) is 2.59. The van der Waals surface area contributed by atoms with Crippen molar-refractivity contribution in [3.05, 3.63) is 31.3 Å². The Bertz CT molecular complexity index is 809. The molecule has 2 amide bonds. The van der Waals surface area contributed by atoms with E-state index in [2.05, 4.69) is 15.9 Å². The summed E-state index contributed by atoms with van der Waals surface area (Å²) in [5.41, 5.74) is 0.637. The van der Waals surface area contributed by atoms with Crippen LogP contribution in [0.2, 0.25) is 0 Å². The van der Waals surface area contributed by atoms with Crippen LogP contribution in [0, 0.1) is 3.57 Å². The van der Waals surface area contributed by atoms with E-state index in [0.29, 0.717) is 19.4 Å². The number of hydrogen-bond acceptors (Lipinski definition) is 6. The fourth-order valence-electron chi connectivity index (χ4n) is 2.28. The smallest absolute Gasteiger partial charge is 0.344 e. The molecule has 1 aromatic rings. The fourth-order valence-corrected chi connectivity index (χ4v) is 4.21. The quantitative estimate of drug-likeness (QED) is 0.179. The van der Waals surface area contributed by atoms with Gasteiger partial charge in [-0.2, -0.15) is 0 Å². The molecule has 1 aliphatic rings. The molecular weight excluding hydrogens is 551 g/mol. The number of rotatable bonds is 5. The molecule has 0 atom stereocenters. The number of nitrogens with zero attached hydrogens (tertiary/aromatic N) is 2. The number of hydrogen-bond donors (Lipinski definition) is 0. The van der Waals surface area contributed by atoms with E-state index in [1.54, 1.807) is 19.1 Å². The zero-order valence-electron chi connectivity index (χ0n) is 14.7. The third-order valence-corrected chi connectivity index (χ3v) is 5.55. The first-order chi connectivity index (χ1) is 12.7. The molecule has 7 nitrogen and oxygen atoms in total. The molecule has 0 N–H and O–H groups in total. The van der Waals surface area contributed by atoms with Gasteiger partial charge in [0.05, 0.1) is 14.6 Å². The van der Waals surface area contributed by atoms with Gasteiger partial charge < -0.3 is 9.47 Å². The van der Waals surface area contributed by atoms with E-state index in [0.717, 1.165) is 0 Å². The van der Waals surface area contributed by atoms with Crippen molar-refractivity contribution in [2.45, 2.75) is 6.92 Å². The van der Waals surface area contributed by atoms with Crippen LogP contribution in [-0.2, 0) is 19.1 Å². The predicted molar refractivity (Wildman–Crippen MR) is 115 cm³/mol. The number of esters is 1. The molecule has 0 aliphatic carbocycles. The van der Waals surface area contributed by atoms with Crippen LogP contribution < -0.4 is 4.74 Å². The Balaban J connectivity index is 2.31. The Morgan fingerprint density at radius 3 is 2.37 bits per heavy atom. The summed E-state index contributed by atoms with van der Waals surface area (Å²) in [5.74, 6) is -0.914. The number of amides is 2. The second-order valence-corrected chi connectivity index (χ2v) is 7.86. The first-order valence-electron chi connectivity index (χ1n) is 7.76. The molecule has 1 heterocycles. The van der Waals surface area contributed by atoms with Gasteiger partial charge in [-0.25, -0.2) is 4.79 Å². The maximum Gasteiger partial charge on any atom is 0.344 e. The highest BCUT2D eigenvalue weighted by molar-refractivity contribution is 14.1. The molecule has 27 heavy (non-hydrogen) atoms. The molecule has 2 rings (SSSR count). The number of benzene rings is 1. The summed E-state index contributed by atoms with van der Waals surface area (Å²) >= 11 is 10.5. The molecule has 1 aromatic carbocycles. The summed E-state index contributed by atoms with van der Waals surface area (Å²) in [5, 5.41) is 0.153. The molecule has 0 saturated carbocycles. The van der Waals surface area contributed by atoms with Crippen LogP contribution in [0.3, 0.4) is 0 Å². The molecule has 0 bridgehead atoms. The molecule has 0 unspecified atom stereocenters. The molecular formula is C17H16BrIN2O5S. The molecule has 0 aromatic heterocycles. The number of likely N-dealkylation sites (N-methyl/N-ethyl adjacent to an activating group) is 2. The molecule has 10 heteroatoms. The lowest BCUT2D eigenvalue weighted by Gasteiger charge is -2.31. The number of carbonyl (C=O) groups is 3. The van der Waals surface area contributed by atoms with E-state index in [-0.39, 0.29) is 23.9 Å². The van der Waals surface area contributed by atoms with Crippen LogP contribution >= 0.6 is 50.7 Å². The van der Waals surface area contributed by atoms with Crippen LogP contribution in [-0.4, -0.2) is 60.0 Å². The second-order valence-electron chi connectivity index (χ2n) is 5.48. The van der Waals surface area contributed by atoms with Crippen LogP contribution in [0.4, 0.5) is 0 Å². The Kier molecular flexibility index (Phi) is 7.34. The topological polar surface area (TPSA) is 76.2 Å². The minimum Gasteiger partial charge on any atom is -0.480 e. The lowest BCUT2D eigenvalue weighted by molar-refractivity contribution is -0.145. The van der Waals surface area contributed by atoms with Gasteiger partial charge in [0.25, 0.3) is 11.8 Å². The highest BCUT2D eigenvalue weighted by atomic mass is 127. The van der Waals surface area contributed by atoms with Gasteiger partial charge in [-0.15, -0.1) is 0 Å². The lowest BCUT2D eigenvalue weighted by Crippen LogP contribution is -2.52. The van der Waals surface area contributed by atoms with E-state index >= 15 is 0 Å². The average Bonchev–Trinajstić information content (AvgIpc) is 2.61. The standard InChI is InChI=1S/C17H16BrIN2O5S/c1-4-25-13(22)8-26-14-11(18)6-9(7-12(14)19)5-10-15(23)20(2)17(27)21(3)16(10)24/h5-7H,4,8H2,1-3H3. The van der Waals surface area contributed by atoms with Crippen molar-refractivity contribution >= 4 is 79.7 Å². The van der Waals surface area contributed by atoms with Crippen LogP contribution in [0.5, 0.6) is 5.75 Å². The summed E-state index contributed by atoms with van der Waals surface area (Å²) in [4.78, 5) is 38.8. The highest BCUT2D eigenvalue weighted by Crippen LogP contribution is 2.33. The summed E-state index contributed by atoms with van der Waals surface area (Å²) in [6.45, 7) is 1.78. The largest absolute Gasteiger partial charge is 0.480 e. The zero-order chi connectivity index (χ0) is 20.3. The second kappa shape index (κ2) is 9.11. The number of ether oxygens (including phenoxy) is 2. The van der Waals surface area contributed by atoms with Crippen molar-refractivity contribution in [2.24, 2.45) is 0 Å². The van der Waals surface area contributed by atoms with Crippen molar-refractivity contribution in [3.63, 3.8) is 0 Å². The first-order valence-corrected chi connectivity index (χ1v) is 10.0. The van der Waals surface area contributed by atoms with Crippen molar-refractivity contribution in [2.75, 3.05) is 27.3 Å². The fraction of sp³-hybridized carbons (Fsp3) is 0.294. The van der Waals surface area contributed by atoms with Crippen LogP contribution in [0.1, 0.15) is 12.5 Å². The Morgan fingerprint density at radius 1 is 1.26 bits per heavy atom. The van der Waals surface area contributed by atoms with Gasteiger partial charge in [0.1, 0.15) is 11.3 Å². The molecule has 0 radical (unpaired) electrons. The molecule has 144 valence electrons. The maximum absolute atomic E-state index is 12.4. The number of halogens is 2. The van der Waals surface area contributed by atoms with Gasteiger partial charge in [-0.05, 0) is 81.4 Å². The monoisotopic (exact) mass is 566 g/mol. The Morgan fingerprint density at radius 2 is 1.85 bits per heavy atom. The number of thiocarbonyl (C=S) groups is 1. The van der Waals surface area contributed by atoms with Crippen molar-refractivity contribution < 1.29 is 23.9 Å². The first kappa shape index (κ1) is 21.8. The zero-order valence-corrected chi connectivity index (χ0v) is 19.3. The van der Waals surface area contributed by atoms with Gasteiger partial charge in [0.15, 0.2) is 11.7 Å². The lowest BCUT2D eigenvalue weighted by atomic mass is 10.1. The maximum atomic E-state index is 12.4. The Labute approximate surface area is 183 Å². The normalized spacial score (nSPS) is 14.6. The number of carbonyl (C=O) groups excluding carboxylic acids is 3. The minimum atomic E-state index is -0.466. The van der Waals surface area contributed by atoms with E-state index < -0.39 is 17.8 Å². The highest BCUT2D eigenvalue weighted by Gasteiger charge is 2.35. The van der Waals surface area contributed by atoms with Gasteiger partial charge in [-0.3, -0.25) is 19.4 Å². The van der Waals surface area contributed by atoms with Gasteiger partial charge in [0, 0.05) is 14.1 Å². The summed E-state index contributed by atoms with van der Waals surface area (Å²) < 4.78 is 11.6. The van der Waals surface area contributed by atoms with E-state index in [9.17, 15) is 14.4 Å². The van der Waals surface area contributed by atoms with Crippen molar-refractivity contribution in [3.8, 4) is 5.75 Å². The molecule has 1 saturated heterocycles. The summed E-state index contributed by atoms with van der Waals surface area (Å²) in [7, 11) is 3.04. The van der Waals surface area contributed by atoms with Crippen molar-refractivity contribution in [1.82, 2.24) is 9.80 Å². The third kappa shape index (κ3) is 4.85.